The molecule has 1 N–H and O–H groups in total. The zero-order chi connectivity index (χ0) is 8.15. The van der Waals surface area contributed by atoms with Crippen molar-refractivity contribution in [2.75, 3.05) is 0 Å². The molecule has 0 atom stereocenters. The molecule has 9 heteroatoms. The molecule has 56 valence electrons. The van der Waals surface area contributed by atoms with Crippen LogP contribution in [-0.2, 0) is 0 Å². The Morgan fingerprint density at radius 3 is 1.70 bits per heavy atom. The van der Waals surface area contributed by atoms with Crippen LogP contribution >= 0.6 is 0 Å². The number of hydrogen-bond donors (Lipinski definition) is 1. The minimum Gasteiger partial charge on any atom is -0.558 e. The van der Waals surface area contributed by atoms with Crippen LogP contribution in [0.15, 0.2) is 0 Å². The summed E-state index contributed by atoms with van der Waals surface area (Å²) in [4.78, 5) is 18.8. The van der Waals surface area contributed by atoms with Gasteiger partial charge in [-0.25, -0.2) is 10.9 Å². The summed E-state index contributed by atoms with van der Waals surface area (Å²) < 4.78 is 0. The highest BCUT2D eigenvalue weighted by Crippen LogP contribution is 1.97. The molecule has 0 spiro atoms. The summed E-state index contributed by atoms with van der Waals surface area (Å²) >= 11 is 0. The molecule has 0 radical (unpaired) electrons. The summed E-state index contributed by atoms with van der Waals surface area (Å²) in [6.45, 7) is 0. The van der Waals surface area contributed by atoms with Crippen LogP contribution in [0.1, 0.15) is 0 Å². The van der Waals surface area contributed by atoms with E-state index in [0.717, 1.165) is 0 Å². The number of hydrogen-bond acceptors (Lipinski definition) is 5. The van der Waals surface area contributed by atoms with Gasteiger partial charge in [-0.05, 0) is 0 Å². The molecule has 0 unspecified atom stereocenters. The molecule has 0 aromatic heterocycles. The average molecular weight is 147 g/mol. The Balaban J connectivity index is 3.65. The SMILES string of the molecule is N=C([N-][N+](=O)[O-])[N-][N+](=O)[O-]. The van der Waals surface area contributed by atoms with Gasteiger partial charge < -0.3 is 5.41 Å². The Labute approximate surface area is 53.8 Å². The quantitative estimate of drug-likeness (QED) is 0.255. The average Bonchev–Trinajstić information content (AvgIpc) is 1.58. The van der Waals surface area contributed by atoms with E-state index >= 15 is 0 Å². The van der Waals surface area contributed by atoms with Crippen LogP contribution in [0.25, 0.3) is 10.9 Å². The van der Waals surface area contributed by atoms with E-state index in [0.29, 0.717) is 0 Å². The fraction of sp³-hybridized carbons (Fsp3) is 0. The second kappa shape index (κ2) is 3.17. The normalized spacial score (nSPS) is 8.00. The second-order valence-corrected chi connectivity index (χ2v) is 0.999. The summed E-state index contributed by atoms with van der Waals surface area (Å²) in [5.74, 6) is -1.24. The highest BCUT2D eigenvalue weighted by atomic mass is 16.7. The first-order valence-electron chi connectivity index (χ1n) is 1.83. The Kier molecular flexibility index (Phi) is 2.56. The van der Waals surface area contributed by atoms with Gasteiger partial charge in [0.25, 0.3) is 0 Å². The van der Waals surface area contributed by atoms with Gasteiger partial charge in [-0.1, -0.05) is 5.96 Å². The van der Waals surface area contributed by atoms with Gasteiger partial charge in [-0.2, -0.15) is 0 Å². The molecule has 0 saturated heterocycles. The van der Waals surface area contributed by atoms with Crippen molar-refractivity contribution in [3.05, 3.63) is 31.1 Å². The van der Waals surface area contributed by atoms with Crippen LogP contribution in [-0.4, -0.2) is 16.0 Å². The third-order valence-electron chi connectivity index (χ3n) is 0.353. The van der Waals surface area contributed by atoms with Gasteiger partial charge in [0.15, 0.2) is 0 Å². The van der Waals surface area contributed by atoms with Crippen LogP contribution in [0.4, 0.5) is 0 Å². The van der Waals surface area contributed by atoms with Crippen molar-refractivity contribution in [2.24, 2.45) is 0 Å². The van der Waals surface area contributed by atoms with Gasteiger partial charge in [-0.15, -0.1) is 0 Å². The molecule has 10 heavy (non-hydrogen) atoms. The van der Waals surface area contributed by atoms with Gasteiger partial charge in [-0.3, -0.25) is 20.2 Å². The van der Waals surface area contributed by atoms with Crippen LogP contribution < -0.4 is 0 Å². The number of guanidine groups is 1. The summed E-state index contributed by atoms with van der Waals surface area (Å²) in [7, 11) is 0. The summed E-state index contributed by atoms with van der Waals surface area (Å²) in [6.07, 6.45) is 0. The van der Waals surface area contributed by atoms with Gasteiger partial charge >= 0.3 is 0 Å². The van der Waals surface area contributed by atoms with E-state index in [2.05, 4.69) is 10.9 Å². The maximum absolute atomic E-state index is 9.41. The third-order valence-corrected chi connectivity index (χ3v) is 0.353. The molecule has 0 aliphatic rings. The minimum absolute atomic E-state index is 1.24. The maximum atomic E-state index is 9.41. The predicted octanol–water partition coefficient (Wildman–Crippen LogP) is 0.0520. The van der Waals surface area contributed by atoms with Crippen molar-refractivity contribution >= 4 is 5.96 Å². The molecule has 0 amide bonds. The Morgan fingerprint density at radius 2 is 1.50 bits per heavy atom. The molecular formula is CHN5O4-2. The first-order chi connectivity index (χ1) is 4.52. The molecule has 0 heterocycles. The van der Waals surface area contributed by atoms with Gasteiger partial charge in [0.05, 0.1) is 10.1 Å². The molecule has 0 bridgehead atoms. The zero-order valence-electron chi connectivity index (χ0n) is 4.42. The molecule has 0 aliphatic carbocycles. The molecule has 0 aliphatic heterocycles. The smallest absolute Gasteiger partial charge is 0.0548 e. The number of nitrogens with zero attached hydrogens (tertiary/aromatic N) is 4. The molecule has 0 saturated carbocycles. The minimum atomic E-state index is -1.24. The molecule has 9 nitrogen and oxygen atoms in total. The first kappa shape index (κ1) is 8.07. The van der Waals surface area contributed by atoms with E-state index in [1.54, 1.807) is 0 Å². The largest absolute Gasteiger partial charge is 0.558 e. The van der Waals surface area contributed by atoms with Gasteiger partial charge in [0.2, 0.25) is 0 Å². The molecule has 0 aromatic carbocycles. The van der Waals surface area contributed by atoms with Crippen molar-refractivity contribution < 1.29 is 10.1 Å². The van der Waals surface area contributed by atoms with E-state index in [1.165, 1.54) is 0 Å². The first-order valence-corrected chi connectivity index (χ1v) is 1.83. The summed E-state index contributed by atoms with van der Waals surface area (Å²) in [5, 5.41) is 22.7. The summed E-state index contributed by atoms with van der Waals surface area (Å²) in [5.41, 5.74) is 4.43. The van der Waals surface area contributed by atoms with Crippen LogP contribution in [0.2, 0.25) is 0 Å². The molecule has 0 rings (SSSR count). The highest BCUT2D eigenvalue weighted by Gasteiger charge is 1.87. The number of nitro groups is 2. The lowest BCUT2D eigenvalue weighted by molar-refractivity contribution is -0.428. The molecular weight excluding hydrogens is 146 g/mol. The zero-order valence-corrected chi connectivity index (χ0v) is 4.42. The topological polar surface area (TPSA) is 138 Å². The Morgan fingerprint density at radius 1 is 1.20 bits per heavy atom. The Hall–Kier alpha value is -1.93. The lowest BCUT2D eigenvalue weighted by Gasteiger charge is -2.11. The predicted molar refractivity (Wildman–Crippen MR) is 28.4 cm³/mol. The summed E-state index contributed by atoms with van der Waals surface area (Å²) in [6, 6.07) is 0. The Bertz CT molecular complexity index is 156. The second-order valence-electron chi connectivity index (χ2n) is 0.999. The van der Waals surface area contributed by atoms with Crippen LogP contribution in [0, 0.1) is 25.6 Å². The van der Waals surface area contributed by atoms with E-state index in [-0.39, 0.29) is 0 Å². The van der Waals surface area contributed by atoms with Crippen molar-refractivity contribution in [3.8, 4) is 0 Å². The van der Waals surface area contributed by atoms with Crippen molar-refractivity contribution in [1.82, 2.24) is 0 Å². The fourth-order valence-electron chi connectivity index (χ4n) is 0.175. The van der Waals surface area contributed by atoms with E-state index in [4.69, 9.17) is 5.41 Å². The maximum Gasteiger partial charge on any atom is 0.0548 e. The molecule has 0 fully saturated rings. The monoisotopic (exact) mass is 147 g/mol. The van der Waals surface area contributed by atoms with Crippen molar-refractivity contribution in [1.29, 1.82) is 5.41 Å². The fourth-order valence-corrected chi connectivity index (χ4v) is 0.175. The third kappa shape index (κ3) is 4.23. The van der Waals surface area contributed by atoms with Gasteiger partial charge in [0, 0.05) is 0 Å². The van der Waals surface area contributed by atoms with Crippen molar-refractivity contribution in [3.63, 3.8) is 0 Å². The standard InChI is InChI=1S/CHN5O4/c2-1(3-5(7)8)4-6(9)10/h(H-2,2,3,4)/q-2. The lowest BCUT2D eigenvalue weighted by atomic mass is 11.1. The number of nitrogens with one attached hydrogen (secondary N) is 1. The van der Waals surface area contributed by atoms with Crippen molar-refractivity contribution in [2.45, 2.75) is 0 Å². The van der Waals surface area contributed by atoms with E-state index in [9.17, 15) is 20.2 Å². The number of rotatable bonds is 2. The lowest BCUT2D eigenvalue weighted by Crippen LogP contribution is -2.04. The van der Waals surface area contributed by atoms with Crippen LogP contribution in [0.5, 0.6) is 0 Å². The van der Waals surface area contributed by atoms with Gasteiger partial charge in [0.1, 0.15) is 0 Å². The van der Waals surface area contributed by atoms with E-state index in [1.807, 2.05) is 0 Å². The van der Waals surface area contributed by atoms with Crippen LogP contribution in [0.3, 0.4) is 0 Å². The highest BCUT2D eigenvalue weighted by molar-refractivity contribution is 5.96. The van der Waals surface area contributed by atoms with E-state index < -0.39 is 16.0 Å². The molecule has 0 aromatic rings.